The standard InChI is InChI=1S/C11H16ClNO3/c1-16-7-9(14)6-13-5-8-3-2-4-10(12)11(8)15/h2-4,9,13-15H,5-7H2,1H3. The molecule has 5 heteroatoms. The van der Waals surface area contributed by atoms with E-state index in [0.29, 0.717) is 23.7 Å². The summed E-state index contributed by atoms with van der Waals surface area (Å²) in [6.45, 7) is 1.14. The molecule has 0 aliphatic heterocycles. The van der Waals surface area contributed by atoms with Crippen LogP contribution in [0.3, 0.4) is 0 Å². The number of aliphatic hydroxyl groups excluding tert-OH is 1. The number of aliphatic hydroxyl groups is 1. The van der Waals surface area contributed by atoms with E-state index in [9.17, 15) is 10.2 Å². The summed E-state index contributed by atoms with van der Waals surface area (Å²) in [5, 5.41) is 22.3. The predicted molar refractivity (Wildman–Crippen MR) is 62.7 cm³/mol. The van der Waals surface area contributed by atoms with Crippen LogP contribution in [-0.4, -0.2) is 36.6 Å². The van der Waals surface area contributed by atoms with Gasteiger partial charge in [0.25, 0.3) is 0 Å². The monoisotopic (exact) mass is 245 g/mol. The fraction of sp³-hybridized carbons (Fsp3) is 0.455. The molecule has 0 spiro atoms. The number of nitrogens with one attached hydrogen (secondary N) is 1. The van der Waals surface area contributed by atoms with Gasteiger partial charge in [0.2, 0.25) is 0 Å². The molecule has 16 heavy (non-hydrogen) atoms. The first-order chi connectivity index (χ1) is 7.65. The number of para-hydroxylation sites is 1. The van der Waals surface area contributed by atoms with Crippen molar-refractivity contribution in [3.63, 3.8) is 0 Å². The lowest BCUT2D eigenvalue weighted by atomic mass is 10.2. The lowest BCUT2D eigenvalue weighted by Crippen LogP contribution is -2.29. The van der Waals surface area contributed by atoms with Crippen LogP contribution in [0.15, 0.2) is 18.2 Å². The highest BCUT2D eigenvalue weighted by Gasteiger charge is 2.06. The second-order valence-electron chi connectivity index (χ2n) is 3.49. The molecule has 0 fully saturated rings. The molecule has 3 N–H and O–H groups in total. The first kappa shape index (κ1) is 13.3. The zero-order chi connectivity index (χ0) is 12.0. The molecule has 0 radical (unpaired) electrons. The largest absolute Gasteiger partial charge is 0.506 e. The number of aromatic hydroxyl groups is 1. The lowest BCUT2D eigenvalue weighted by molar-refractivity contribution is 0.0644. The molecule has 0 bridgehead atoms. The van der Waals surface area contributed by atoms with E-state index in [4.69, 9.17) is 16.3 Å². The van der Waals surface area contributed by atoms with E-state index in [1.54, 1.807) is 18.2 Å². The van der Waals surface area contributed by atoms with Crippen molar-refractivity contribution in [1.82, 2.24) is 5.32 Å². The topological polar surface area (TPSA) is 61.7 Å². The van der Waals surface area contributed by atoms with Gasteiger partial charge in [0, 0.05) is 25.8 Å². The van der Waals surface area contributed by atoms with Crippen molar-refractivity contribution < 1.29 is 14.9 Å². The molecule has 0 aliphatic carbocycles. The summed E-state index contributed by atoms with van der Waals surface area (Å²) >= 11 is 5.76. The van der Waals surface area contributed by atoms with Gasteiger partial charge in [-0.05, 0) is 6.07 Å². The fourth-order valence-corrected chi connectivity index (χ4v) is 1.52. The third kappa shape index (κ3) is 3.98. The van der Waals surface area contributed by atoms with Gasteiger partial charge < -0.3 is 20.3 Å². The maximum absolute atomic E-state index is 9.61. The Hall–Kier alpha value is -0.810. The minimum atomic E-state index is -0.550. The number of benzene rings is 1. The molecule has 0 aromatic heterocycles. The van der Waals surface area contributed by atoms with E-state index in [0.717, 1.165) is 0 Å². The zero-order valence-corrected chi connectivity index (χ0v) is 9.87. The molecular weight excluding hydrogens is 230 g/mol. The normalized spacial score (nSPS) is 12.7. The highest BCUT2D eigenvalue weighted by molar-refractivity contribution is 6.32. The quantitative estimate of drug-likeness (QED) is 0.704. The third-order valence-corrected chi connectivity index (χ3v) is 2.43. The second-order valence-corrected chi connectivity index (χ2v) is 3.89. The van der Waals surface area contributed by atoms with Gasteiger partial charge in [-0.2, -0.15) is 0 Å². The molecule has 0 heterocycles. The van der Waals surface area contributed by atoms with Crippen molar-refractivity contribution in [2.24, 2.45) is 0 Å². The van der Waals surface area contributed by atoms with E-state index in [1.807, 2.05) is 0 Å². The van der Waals surface area contributed by atoms with E-state index < -0.39 is 6.10 Å². The Kier molecular flexibility index (Phi) is 5.55. The van der Waals surface area contributed by atoms with Crippen LogP contribution < -0.4 is 5.32 Å². The van der Waals surface area contributed by atoms with Crippen LogP contribution in [-0.2, 0) is 11.3 Å². The molecule has 1 unspecified atom stereocenters. The smallest absolute Gasteiger partial charge is 0.138 e. The first-order valence-electron chi connectivity index (χ1n) is 4.99. The summed E-state index contributed by atoms with van der Waals surface area (Å²) in [6.07, 6.45) is -0.550. The molecule has 4 nitrogen and oxygen atoms in total. The average Bonchev–Trinajstić information content (AvgIpc) is 2.25. The third-order valence-electron chi connectivity index (χ3n) is 2.12. The Labute approximate surface area is 99.8 Å². The first-order valence-corrected chi connectivity index (χ1v) is 5.37. The molecule has 1 atom stereocenters. The van der Waals surface area contributed by atoms with E-state index in [-0.39, 0.29) is 12.4 Å². The molecule has 0 saturated carbocycles. The molecule has 90 valence electrons. The number of halogens is 1. The Bertz CT molecular complexity index is 333. The number of ether oxygens (including phenoxy) is 1. The van der Waals surface area contributed by atoms with Gasteiger partial charge in [-0.1, -0.05) is 23.7 Å². The molecule has 1 aromatic carbocycles. The van der Waals surface area contributed by atoms with Crippen LogP contribution in [0.2, 0.25) is 5.02 Å². The van der Waals surface area contributed by atoms with Crippen LogP contribution in [0.25, 0.3) is 0 Å². The number of phenolic OH excluding ortho intramolecular Hbond substituents is 1. The van der Waals surface area contributed by atoms with E-state index in [1.165, 1.54) is 7.11 Å². The van der Waals surface area contributed by atoms with Crippen molar-refractivity contribution in [2.75, 3.05) is 20.3 Å². The molecule has 1 aromatic rings. The van der Waals surface area contributed by atoms with Gasteiger partial charge in [-0.25, -0.2) is 0 Å². The number of methoxy groups -OCH3 is 1. The van der Waals surface area contributed by atoms with Gasteiger partial charge in [0.15, 0.2) is 0 Å². The predicted octanol–water partition coefficient (Wildman–Crippen LogP) is 1.14. The van der Waals surface area contributed by atoms with Gasteiger partial charge in [-0.3, -0.25) is 0 Å². The Balaban J connectivity index is 2.40. The second kappa shape index (κ2) is 6.70. The Morgan fingerprint density at radius 3 is 2.94 bits per heavy atom. The maximum atomic E-state index is 9.61. The van der Waals surface area contributed by atoms with E-state index >= 15 is 0 Å². The van der Waals surface area contributed by atoms with Crippen LogP contribution in [0.1, 0.15) is 5.56 Å². The summed E-state index contributed by atoms with van der Waals surface area (Å²) < 4.78 is 4.79. The SMILES string of the molecule is COCC(O)CNCc1cccc(Cl)c1O. The van der Waals surface area contributed by atoms with Gasteiger partial charge >= 0.3 is 0 Å². The van der Waals surface area contributed by atoms with Crippen molar-refractivity contribution in [2.45, 2.75) is 12.6 Å². The van der Waals surface area contributed by atoms with Gasteiger partial charge in [0.1, 0.15) is 5.75 Å². The summed E-state index contributed by atoms with van der Waals surface area (Å²) in [5.41, 5.74) is 0.706. The van der Waals surface area contributed by atoms with Crippen LogP contribution in [0.5, 0.6) is 5.75 Å². The minimum absolute atomic E-state index is 0.0814. The lowest BCUT2D eigenvalue weighted by Gasteiger charge is -2.11. The number of rotatable bonds is 6. The summed E-state index contributed by atoms with van der Waals surface area (Å²) in [5.74, 6) is 0.0814. The molecule has 1 rings (SSSR count). The van der Waals surface area contributed by atoms with Crippen molar-refractivity contribution >= 4 is 11.6 Å². The average molecular weight is 246 g/mol. The van der Waals surface area contributed by atoms with Crippen LogP contribution in [0, 0.1) is 0 Å². The maximum Gasteiger partial charge on any atom is 0.138 e. The highest BCUT2D eigenvalue weighted by atomic mass is 35.5. The Morgan fingerprint density at radius 2 is 2.25 bits per heavy atom. The highest BCUT2D eigenvalue weighted by Crippen LogP contribution is 2.26. The van der Waals surface area contributed by atoms with Crippen molar-refractivity contribution in [3.05, 3.63) is 28.8 Å². The molecule has 0 amide bonds. The van der Waals surface area contributed by atoms with Crippen molar-refractivity contribution in [1.29, 1.82) is 0 Å². The number of hydrogen-bond donors (Lipinski definition) is 3. The summed E-state index contributed by atoms with van der Waals surface area (Å²) in [4.78, 5) is 0. The number of hydrogen-bond acceptors (Lipinski definition) is 4. The Morgan fingerprint density at radius 1 is 1.50 bits per heavy atom. The van der Waals surface area contributed by atoms with Gasteiger partial charge in [0.05, 0.1) is 17.7 Å². The van der Waals surface area contributed by atoms with Crippen LogP contribution in [0.4, 0.5) is 0 Å². The van der Waals surface area contributed by atoms with E-state index in [2.05, 4.69) is 5.32 Å². The van der Waals surface area contributed by atoms with Crippen molar-refractivity contribution in [3.8, 4) is 5.75 Å². The van der Waals surface area contributed by atoms with Gasteiger partial charge in [-0.15, -0.1) is 0 Å². The molecule has 0 saturated heterocycles. The summed E-state index contributed by atoms with van der Waals surface area (Å²) in [6, 6.07) is 5.17. The minimum Gasteiger partial charge on any atom is -0.506 e. The molecule has 0 aliphatic rings. The molecular formula is C11H16ClNO3. The zero-order valence-electron chi connectivity index (χ0n) is 9.11. The fourth-order valence-electron chi connectivity index (χ4n) is 1.33. The number of phenols is 1. The summed E-state index contributed by atoms with van der Waals surface area (Å²) in [7, 11) is 1.53. The van der Waals surface area contributed by atoms with Crippen LogP contribution >= 0.6 is 11.6 Å².